The smallest absolute Gasteiger partial charge is 0.145 e. The van der Waals surface area contributed by atoms with Crippen molar-refractivity contribution in [3.8, 4) is 0 Å². The van der Waals surface area contributed by atoms with Gasteiger partial charge in [-0.05, 0) is 25.2 Å². The summed E-state index contributed by atoms with van der Waals surface area (Å²) in [4.78, 5) is 9.22. The molecule has 0 amide bonds. The molecule has 2 atom stereocenters. The fourth-order valence-corrected chi connectivity index (χ4v) is 2.21. The van der Waals surface area contributed by atoms with Gasteiger partial charge in [-0.3, -0.25) is 0 Å². The molecular formula is C10H15FN2O2. The minimum atomic E-state index is -0.918. The normalized spacial score (nSPS) is 36.9. The van der Waals surface area contributed by atoms with E-state index < -0.39 is 6.17 Å². The van der Waals surface area contributed by atoms with Gasteiger partial charge < -0.3 is 9.68 Å². The van der Waals surface area contributed by atoms with Crippen molar-refractivity contribution in [1.29, 1.82) is 0 Å². The molecule has 0 heterocycles. The van der Waals surface area contributed by atoms with Crippen LogP contribution in [0.3, 0.4) is 0 Å². The van der Waals surface area contributed by atoms with Gasteiger partial charge in [-0.25, -0.2) is 4.39 Å². The first-order chi connectivity index (χ1) is 7.26. The third-order valence-corrected chi connectivity index (χ3v) is 3.17. The Kier molecular flexibility index (Phi) is 2.88. The average Bonchev–Trinajstić information content (AvgIpc) is 2.18. The standard InChI is InChI=1S/C10H15FN2O2/c1-14-12-7-3-6(4-7)8-5-9(10(8)11)13-15-2/h6,8,10H,3-5H2,1-2H3. The molecule has 0 aromatic heterocycles. The Balaban J connectivity index is 1.80. The monoisotopic (exact) mass is 214 g/mol. The lowest BCUT2D eigenvalue weighted by molar-refractivity contribution is 0.141. The van der Waals surface area contributed by atoms with E-state index in [0.717, 1.165) is 25.0 Å². The Morgan fingerprint density at radius 2 is 1.80 bits per heavy atom. The zero-order valence-electron chi connectivity index (χ0n) is 8.94. The van der Waals surface area contributed by atoms with Crippen LogP contribution in [-0.2, 0) is 9.68 Å². The van der Waals surface area contributed by atoms with Crippen molar-refractivity contribution in [3.63, 3.8) is 0 Å². The maximum atomic E-state index is 13.5. The highest BCUT2D eigenvalue weighted by molar-refractivity contribution is 5.96. The van der Waals surface area contributed by atoms with Crippen LogP contribution in [0.4, 0.5) is 4.39 Å². The molecule has 0 aliphatic heterocycles. The molecule has 0 aromatic rings. The van der Waals surface area contributed by atoms with Crippen molar-refractivity contribution < 1.29 is 14.1 Å². The summed E-state index contributed by atoms with van der Waals surface area (Å²) < 4.78 is 13.5. The van der Waals surface area contributed by atoms with Crippen LogP contribution >= 0.6 is 0 Å². The summed E-state index contributed by atoms with van der Waals surface area (Å²) in [5.74, 6) is 0.513. The molecule has 4 nitrogen and oxygen atoms in total. The second-order valence-electron chi connectivity index (χ2n) is 4.04. The number of halogens is 1. The molecule has 0 radical (unpaired) electrons. The molecule has 0 bridgehead atoms. The molecule has 5 heteroatoms. The zero-order chi connectivity index (χ0) is 10.8. The topological polar surface area (TPSA) is 43.2 Å². The van der Waals surface area contributed by atoms with E-state index in [2.05, 4.69) is 20.0 Å². The Bertz CT molecular complexity index is 296. The highest BCUT2D eigenvalue weighted by atomic mass is 19.1. The van der Waals surface area contributed by atoms with Gasteiger partial charge >= 0.3 is 0 Å². The van der Waals surface area contributed by atoms with Crippen LogP contribution in [0.1, 0.15) is 19.3 Å². The number of hydrogen-bond donors (Lipinski definition) is 0. The number of oxime groups is 2. The summed E-state index contributed by atoms with van der Waals surface area (Å²) in [6, 6.07) is 0. The average molecular weight is 214 g/mol. The highest BCUT2D eigenvalue weighted by Crippen LogP contribution is 2.43. The van der Waals surface area contributed by atoms with Crippen molar-refractivity contribution >= 4 is 11.4 Å². The molecule has 2 aliphatic carbocycles. The molecule has 2 rings (SSSR count). The molecule has 2 fully saturated rings. The quantitative estimate of drug-likeness (QED) is 0.672. The third-order valence-electron chi connectivity index (χ3n) is 3.17. The second kappa shape index (κ2) is 4.16. The molecule has 0 spiro atoms. The van der Waals surface area contributed by atoms with Gasteiger partial charge in [0.05, 0.1) is 11.4 Å². The molecule has 84 valence electrons. The summed E-state index contributed by atoms with van der Waals surface area (Å²) >= 11 is 0. The Morgan fingerprint density at radius 1 is 1.13 bits per heavy atom. The first-order valence-electron chi connectivity index (χ1n) is 5.09. The van der Waals surface area contributed by atoms with E-state index in [1.807, 2.05) is 0 Å². The fourth-order valence-electron chi connectivity index (χ4n) is 2.21. The van der Waals surface area contributed by atoms with Crippen LogP contribution in [0.15, 0.2) is 10.3 Å². The Morgan fingerprint density at radius 3 is 2.33 bits per heavy atom. The van der Waals surface area contributed by atoms with Crippen LogP contribution in [0.2, 0.25) is 0 Å². The maximum Gasteiger partial charge on any atom is 0.145 e. The maximum absolute atomic E-state index is 13.5. The number of rotatable bonds is 3. The van der Waals surface area contributed by atoms with Gasteiger partial charge in [0.1, 0.15) is 20.4 Å². The van der Waals surface area contributed by atoms with E-state index in [4.69, 9.17) is 0 Å². The first kappa shape index (κ1) is 10.4. The predicted molar refractivity (Wildman–Crippen MR) is 54.6 cm³/mol. The van der Waals surface area contributed by atoms with E-state index in [9.17, 15) is 4.39 Å². The number of nitrogens with zero attached hydrogens (tertiary/aromatic N) is 2. The largest absolute Gasteiger partial charge is 0.399 e. The van der Waals surface area contributed by atoms with Gasteiger partial charge in [0.2, 0.25) is 0 Å². The van der Waals surface area contributed by atoms with Crippen LogP contribution < -0.4 is 0 Å². The van der Waals surface area contributed by atoms with Crippen LogP contribution in [0.5, 0.6) is 0 Å². The summed E-state index contributed by atoms with van der Waals surface area (Å²) in [6.45, 7) is 0. The van der Waals surface area contributed by atoms with Crippen molar-refractivity contribution in [1.82, 2.24) is 0 Å². The number of alkyl halides is 1. The van der Waals surface area contributed by atoms with Crippen molar-refractivity contribution in [2.24, 2.45) is 22.1 Å². The van der Waals surface area contributed by atoms with Crippen LogP contribution in [0.25, 0.3) is 0 Å². The van der Waals surface area contributed by atoms with E-state index in [0.29, 0.717) is 11.6 Å². The molecular weight excluding hydrogens is 199 g/mol. The Hall–Kier alpha value is -1.13. The van der Waals surface area contributed by atoms with Gasteiger partial charge in [0.25, 0.3) is 0 Å². The molecule has 2 unspecified atom stereocenters. The molecule has 0 aromatic carbocycles. The Labute approximate surface area is 88.1 Å². The van der Waals surface area contributed by atoms with Crippen molar-refractivity contribution in [2.45, 2.75) is 25.4 Å². The van der Waals surface area contributed by atoms with E-state index in [-0.39, 0.29) is 5.92 Å². The lowest BCUT2D eigenvalue weighted by Crippen LogP contribution is -2.47. The molecule has 0 N–H and O–H groups in total. The second-order valence-corrected chi connectivity index (χ2v) is 4.04. The fraction of sp³-hybridized carbons (Fsp3) is 0.800. The van der Waals surface area contributed by atoms with E-state index in [1.165, 1.54) is 14.2 Å². The summed E-state index contributed by atoms with van der Waals surface area (Å²) in [5.41, 5.74) is 1.58. The van der Waals surface area contributed by atoms with Crippen LogP contribution in [-0.4, -0.2) is 31.8 Å². The molecule has 0 saturated heterocycles. The van der Waals surface area contributed by atoms with Gasteiger partial charge in [-0.2, -0.15) is 0 Å². The SMILES string of the molecule is CON=C1CC(C2CC(=NOC)C2F)C1. The van der Waals surface area contributed by atoms with E-state index >= 15 is 0 Å². The van der Waals surface area contributed by atoms with Crippen LogP contribution in [0, 0.1) is 11.8 Å². The minimum absolute atomic E-state index is 0.106. The van der Waals surface area contributed by atoms with Gasteiger partial charge in [-0.15, -0.1) is 0 Å². The predicted octanol–water partition coefficient (Wildman–Crippen LogP) is 1.76. The summed E-state index contributed by atoms with van der Waals surface area (Å²) in [6.07, 6.45) is 1.53. The lowest BCUT2D eigenvalue weighted by atomic mass is 9.64. The number of hydrogen-bond acceptors (Lipinski definition) is 4. The summed E-state index contributed by atoms with van der Waals surface area (Å²) in [7, 11) is 2.98. The first-order valence-corrected chi connectivity index (χ1v) is 5.09. The molecule has 15 heavy (non-hydrogen) atoms. The highest BCUT2D eigenvalue weighted by Gasteiger charge is 2.47. The van der Waals surface area contributed by atoms with Gasteiger partial charge in [-0.1, -0.05) is 10.3 Å². The van der Waals surface area contributed by atoms with E-state index in [1.54, 1.807) is 0 Å². The lowest BCUT2D eigenvalue weighted by Gasteiger charge is -2.42. The van der Waals surface area contributed by atoms with Gasteiger partial charge in [0, 0.05) is 5.92 Å². The molecule has 2 aliphatic rings. The minimum Gasteiger partial charge on any atom is -0.399 e. The molecule has 2 saturated carbocycles. The van der Waals surface area contributed by atoms with Crippen molar-refractivity contribution in [2.75, 3.05) is 14.2 Å². The van der Waals surface area contributed by atoms with Crippen molar-refractivity contribution in [3.05, 3.63) is 0 Å². The third kappa shape index (κ3) is 1.82. The summed E-state index contributed by atoms with van der Waals surface area (Å²) in [5, 5.41) is 7.48. The van der Waals surface area contributed by atoms with Gasteiger partial charge in [0.15, 0.2) is 0 Å². The zero-order valence-corrected chi connectivity index (χ0v) is 8.94.